The van der Waals surface area contributed by atoms with Crippen LogP contribution in [-0.2, 0) is 4.79 Å². The Labute approximate surface area is 198 Å². The van der Waals surface area contributed by atoms with Gasteiger partial charge < -0.3 is 15.1 Å². The van der Waals surface area contributed by atoms with Crippen molar-refractivity contribution < 1.29 is 4.79 Å². The van der Waals surface area contributed by atoms with E-state index >= 15 is 0 Å². The lowest BCUT2D eigenvalue weighted by Gasteiger charge is -2.29. The van der Waals surface area contributed by atoms with Crippen molar-refractivity contribution in [3.8, 4) is 0 Å². The lowest BCUT2D eigenvalue weighted by molar-refractivity contribution is -0.134. The normalized spacial score (nSPS) is 22.5. The number of nitrogens with one attached hydrogen (secondary N) is 1. The number of fused-ring (bicyclic) bond motifs is 1. The molecule has 1 aromatic carbocycles. The van der Waals surface area contributed by atoms with E-state index in [1.165, 1.54) is 12.8 Å². The molecule has 1 unspecified atom stereocenters. The molecule has 1 saturated heterocycles. The van der Waals surface area contributed by atoms with Gasteiger partial charge in [0.15, 0.2) is 5.82 Å². The molecule has 1 amide bonds. The maximum Gasteiger partial charge on any atom is 0.227 e. The second kappa shape index (κ2) is 9.16. The molecule has 2 aliphatic heterocycles. The van der Waals surface area contributed by atoms with Gasteiger partial charge in [-0.15, -0.1) is 10.2 Å². The highest BCUT2D eigenvalue weighted by Crippen LogP contribution is 2.36. The SMILES string of the molecule is CN1CCC(C(=O)N2CC=C(c3nnc(NC4CCCC4)c4cc(Cl)c(Cl)cc34)CC2)C1. The molecule has 6 nitrogen and oxygen atoms in total. The Morgan fingerprint density at radius 1 is 1.06 bits per heavy atom. The number of hydrogen-bond acceptors (Lipinski definition) is 5. The minimum atomic E-state index is 0.123. The van der Waals surface area contributed by atoms with Gasteiger partial charge in [-0.1, -0.05) is 42.1 Å². The van der Waals surface area contributed by atoms with Gasteiger partial charge in [-0.2, -0.15) is 0 Å². The van der Waals surface area contributed by atoms with Crippen LogP contribution in [0.15, 0.2) is 18.2 Å². The monoisotopic (exact) mass is 473 g/mol. The van der Waals surface area contributed by atoms with Gasteiger partial charge in [0.2, 0.25) is 5.91 Å². The van der Waals surface area contributed by atoms with Crippen molar-refractivity contribution in [3.05, 3.63) is 33.9 Å². The van der Waals surface area contributed by atoms with Crippen molar-refractivity contribution in [1.29, 1.82) is 0 Å². The molecule has 1 aromatic heterocycles. The number of nitrogens with zero attached hydrogens (tertiary/aromatic N) is 4. The summed E-state index contributed by atoms with van der Waals surface area (Å²) in [6.45, 7) is 3.17. The number of halogens is 2. The smallest absolute Gasteiger partial charge is 0.227 e. The molecule has 32 heavy (non-hydrogen) atoms. The molecule has 0 radical (unpaired) electrons. The lowest BCUT2D eigenvalue weighted by Crippen LogP contribution is -2.39. The Hall–Kier alpha value is -1.89. The number of anilines is 1. The zero-order chi connectivity index (χ0) is 22.2. The van der Waals surface area contributed by atoms with Gasteiger partial charge in [-0.25, -0.2) is 0 Å². The van der Waals surface area contributed by atoms with E-state index < -0.39 is 0 Å². The first-order valence-corrected chi connectivity index (χ1v) is 12.3. The predicted octanol–water partition coefficient (Wildman–Crippen LogP) is 4.86. The van der Waals surface area contributed by atoms with E-state index in [0.29, 0.717) is 29.2 Å². The van der Waals surface area contributed by atoms with Crippen LogP contribution in [0.25, 0.3) is 16.3 Å². The number of benzene rings is 1. The van der Waals surface area contributed by atoms with Crippen molar-refractivity contribution >= 4 is 51.3 Å². The first-order valence-electron chi connectivity index (χ1n) is 11.6. The average molecular weight is 474 g/mol. The molecule has 1 aliphatic carbocycles. The third kappa shape index (κ3) is 4.33. The fourth-order valence-corrected chi connectivity index (χ4v) is 5.56. The van der Waals surface area contributed by atoms with Gasteiger partial charge in [0, 0.05) is 36.4 Å². The van der Waals surface area contributed by atoms with E-state index in [-0.39, 0.29) is 11.8 Å². The average Bonchev–Trinajstić information content (AvgIpc) is 3.46. The van der Waals surface area contributed by atoms with E-state index in [1.807, 2.05) is 17.0 Å². The standard InChI is InChI=1S/C24H29Cl2N5O/c1-30-9-6-16(14-30)24(32)31-10-7-15(8-11-31)22-18-12-20(25)21(26)13-19(18)23(29-28-22)27-17-4-2-3-5-17/h7,12-13,16-17H,2-6,8-11,14H2,1H3,(H,27,29). The molecule has 3 heterocycles. The Bertz CT molecular complexity index is 1070. The summed E-state index contributed by atoms with van der Waals surface area (Å²) in [4.78, 5) is 17.1. The molecule has 0 bridgehead atoms. The van der Waals surface area contributed by atoms with Crippen LogP contribution in [0.2, 0.25) is 10.0 Å². The molecule has 5 rings (SSSR count). The van der Waals surface area contributed by atoms with E-state index in [4.69, 9.17) is 23.2 Å². The molecule has 2 fully saturated rings. The van der Waals surface area contributed by atoms with E-state index in [9.17, 15) is 4.79 Å². The van der Waals surface area contributed by atoms with Gasteiger partial charge in [-0.05, 0) is 57.0 Å². The molecule has 1 atom stereocenters. The van der Waals surface area contributed by atoms with Crippen molar-refractivity contribution in [2.45, 2.75) is 44.6 Å². The first-order chi connectivity index (χ1) is 15.5. The number of hydrogen-bond donors (Lipinski definition) is 1. The fourth-order valence-electron chi connectivity index (χ4n) is 5.23. The number of amides is 1. The Kier molecular flexibility index (Phi) is 6.28. The highest BCUT2D eigenvalue weighted by atomic mass is 35.5. The summed E-state index contributed by atoms with van der Waals surface area (Å²) in [5.74, 6) is 1.16. The molecular weight excluding hydrogens is 445 g/mol. The first kappa shape index (κ1) is 21.9. The summed E-state index contributed by atoms with van der Waals surface area (Å²) in [5, 5.41) is 15.7. The van der Waals surface area contributed by atoms with Crippen molar-refractivity contribution in [2.24, 2.45) is 5.92 Å². The van der Waals surface area contributed by atoms with Crippen LogP contribution in [0.5, 0.6) is 0 Å². The quantitative estimate of drug-likeness (QED) is 0.686. The summed E-state index contributed by atoms with van der Waals surface area (Å²) >= 11 is 12.8. The molecule has 3 aliphatic rings. The van der Waals surface area contributed by atoms with Crippen LogP contribution in [0.3, 0.4) is 0 Å². The maximum absolute atomic E-state index is 12.9. The number of aromatic nitrogens is 2. The van der Waals surface area contributed by atoms with Crippen LogP contribution in [0.1, 0.15) is 44.2 Å². The Balaban J connectivity index is 1.42. The summed E-state index contributed by atoms with van der Waals surface area (Å²) in [6, 6.07) is 4.22. The van der Waals surface area contributed by atoms with E-state index in [0.717, 1.165) is 66.6 Å². The van der Waals surface area contributed by atoms with Gasteiger partial charge in [0.1, 0.15) is 0 Å². The van der Waals surface area contributed by atoms with Crippen molar-refractivity contribution in [1.82, 2.24) is 20.0 Å². The topological polar surface area (TPSA) is 61.4 Å². The molecule has 170 valence electrons. The van der Waals surface area contributed by atoms with Crippen LogP contribution in [0, 0.1) is 5.92 Å². The minimum Gasteiger partial charge on any atom is -0.365 e. The molecule has 1 N–H and O–H groups in total. The summed E-state index contributed by atoms with van der Waals surface area (Å²) < 4.78 is 0. The second-order valence-corrected chi connectivity index (χ2v) is 10.2. The van der Waals surface area contributed by atoms with Crippen LogP contribution < -0.4 is 5.32 Å². The zero-order valence-electron chi connectivity index (χ0n) is 18.4. The number of carbonyl (C=O) groups is 1. The van der Waals surface area contributed by atoms with Crippen molar-refractivity contribution in [3.63, 3.8) is 0 Å². The van der Waals surface area contributed by atoms with Gasteiger partial charge in [0.05, 0.1) is 21.7 Å². The van der Waals surface area contributed by atoms with Crippen LogP contribution in [-0.4, -0.2) is 65.2 Å². The molecule has 0 spiro atoms. The largest absolute Gasteiger partial charge is 0.365 e. The van der Waals surface area contributed by atoms with Crippen molar-refractivity contribution in [2.75, 3.05) is 38.5 Å². The molecule has 1 saturated carbocycles. The van der Waals surface area contributed by atoms with E-state index in [2.05, 4.69) is 33.5 Å². The highest BCUT2D eigenvalue weighted by molar-refractivity contribution is 6.43. The fraction of sp³-hybridized carbons (Fsp3) is 0.542. The third-order valence-electron chi connectivity index (χ3n) is 7.08. The number of rotatable bonds is 4. The van der Waals surface area contributed by atoms with E-state index in [1.54, 1.807) is 0 Å². The number of carbonyl (C=O) groups excluding carboxylic acids is 1. The summed E-state index contributed by atoms with van der Waals surface area (Å²) in [7, 11) is 2.08. The lowest BCUT2D eigenvalue weighted by atomic mass is 9.98. The Morgan fingerprint density at radius 3 is 2.47 bits per heavy atom. The van der Waals surface area contributed by atoms with Gasteiger partial charge in [0.25, 0.3) is 0 Å². The number of likely N-dealkylation sites (tertiary alicyclic amines) is 1. The summed E-state index contributed by atoms with van der Waals surface area (Å²) in [6.07, 6.45) is 8.62. The zero-order valence-corrected chi connectivity index (χ0v) is 19.9. The van der Waals surface area contributed by atoms with Gasteiger partial charge >= 0.3 is 0 Å². The minimum absolute atomic E-state index is 0.123. The second-order valence-electron chi connectivity index (χ2n) is 9.35. The maximum atomic E-state index is 12.9. The summed E-state index contributed by atoms with van der Waals surface area (Å²) in [5.41, 5.74) is 1.95. The molecular formula is C24H29Cl2N5O. The van der Waals surface area contributed by atoms with Crippen LogP contribution >= 0.6 is 23.2 Å². The predicted molar refractivity (Wildman–Crippen MR) is 130 cm³/mol. The molecule has 8 heteroatoms. The highest BCUT2D eigenvalue weighted by Gasteiger charge is 2.31. The molecule has 2 aromatic rings. The van der Waals surface area contributed by atoms with Crippen LogP contribution in [0.4, 0.5) is 5.82 Å². The Morgan fingerprint density at radius 2 is 1.81 bits per heavy atom. The third-order valence-corrected chi connectivity index (χ3v) is 7.80. The van der Waals surface area contributed by atoms with Gasteiger partial charge in [-0.3, -0.25) is 4.79 Å².